The van der Waals surface area contributed by atoms with Crippen LogP contribution in [-0.4, -0.2) is 13.7 Å². The van der Waals surface area contributed by atoms with Crippen LogP contribution in [0.4, 0.5) is 0 Å². The molecule has 2 aromatic carbocycles. The molecule has 0 radical (unpaired) electrons. The van der Waals surface area contributed by atoms with Crippen LogP contribution in [0.2, 0.25) is 0 Å². The van der Waals surface area contributed by atoms with Crippen molar-refractivity contribution >= 4 is 0 Å². The van der Waals surface area contributed by atoms with Gasteiger partial charge < -0.3 is 10.1 Å². The van der Waals surface area contributed by atoms with E-state index in [1.807, 2.05) is 20.0 Å². The summed E-state index contributed by atoms with van der Waals surface area (Å²) >= 11 is 0. The molecule has 1 N–H and O–H groups in total. The Labute approximate surface area is 128 Å². The first kappa shape index (κ1) is 15.6. The fourth-order valence-electron chi connectivity index (χ4n) is 2.52. The second-order valence-electron chi connectivity index (χ2n) is 5.22. The number of rotatable bonds is 7. The van der Waals surface area contributed by atoms with Crippen LogP contribution in [0, 0.1) is 0 Å². The van der Waals surface area contributed by atoms with E-state index in [-0.39, 0.29) is 0 Å². The molecule has 0 fully saturated rings. The number of ether oxygens (including phenoxy) is 1. The van der Waals surface area contributed by atoms with Gasteiger partial charge in [-0.2, -0.15) is 0 Å². The topological polar surface area (TPSA) is 21.3 Å². The Balaban J connectivity index is 2.12. The SMILES string of the molecule is CCOc1cccc(C(Cc2ccc(CC)cc2)NC)c1. The van der Waals surface area contributed by atoms with Crippen LogP contribution < -0.4 is 10.1 Å². The molecule has 21 heavy (non-hydrogen) atoms. The Morgan fingerprint density at radius 1 is 1.00 bits per heavy atom. The van der Waals surface area contributed by atoms with Crippen LogP contribution in [0.3, 0.4) is 0 Å². The van der Waals surface area contributed by atoms with Crippen LogP contribution in [0.1, 0.15) is 36.6 Å². The Bertz CT molecular complexity index is 548. The van der Waals surface area contributed by atoms with Gasteiger partial charge in [-0.05, 0) is 55.6 Å². The second-order valence-corrected chi connectivity index (χ2v) is 5.22. The highest BCUT2D eigenvalue weighted by Gasteiger charge is 2.11. The van der Waals surface area contributed by atoms with E-state index in [1.54, 1.807) is 0 Å². The van der Waals surface area contributed by atoms with Crippen LogP contribution >= 0.6 is 0 Å². The molecule has 112 valence electrons. The third-order valence-corrected chi connectivity index (χ3v) is 3.79. The zero-order chi connectivity index (χ0) is 15.1. The maximum Gasteiger partial charge on any atom is 0.119 e. The summed E-state index contributed by atoms with van der Waals surface area (Å²) in [6.45, 7) is 4.90. The monoisotopic (exact) mass is 283 g/mol. The van der Waals surface area contributed by atoms with E-state index in [1.165, 1.54) is 16.7 Å². The van der Waals surface area contributed by atoms with Gasteiger partial charge in [-0.25, -0.2) is 0 Å². The zero-order valence-corrected chi connectivity index (χ0v) is 13.2. The number of aryl methyl sites for hydroxylation is 1. The van der Waals surface area contributed by atoms with Crippen molar-refractivity contribution in [1.82, 2.24) is 5.32 Å². The quantitative estimate of drug-likeness (QED) is 0.824. The van der Waals surface area contributed by atoms with Gasteiger partial charge in [0, 0.05) is 6.04 Å². The molecule has 1 unspecified atom stereocenters. The largest absolute Gasteiger partial charge is 0.494 e. The molecular weight excluding hydrogens is 258 g/mol. The molecular formula is C19H25NO. The van der Waals surface area contributed by atoms with Crippen LogP contribution in [0.5, 0.6) is 5.75 Å². The molecule has 2 aromatic rings. The summed E-state index contributed by atoms with van der Waals surface area (Å²) in [5.41, 5.74) is 4.01. The van der Waals surface area contributed by atoms with Gasteiger partial charge >= 0.3 is 0 Å². The molecule has 0 spiro atoms. The normalized spacial score (nSPS) is 12.1. The number of hydrogen-bond donors (Lipinski definition) is 1. The average Bonchev–Trinajstić information content (AvgIpc) is 2.54. The van der Waals surface area contributed by atoms with Crippen molar-refractivity contribution in [1.29, 1.82) is 0 Å². The number of benzene rings is 2. The van der Waals surface area contributed by atoms with E-state index in [2.05, 4.69) is 54.7 Å². The van der Waals surface area contributed by atoms with Crippen LogP contribution in [0.25, 0.3) is 0 Å². The van der Waals surface area contributed by atoms with Gasteiger partial charge in [-0.3, -0.25) is 0 Å². The Morgan fingerprint density at radius 2 is 1.71 bits per heavy atom. The van der Waals surface area contributed by atoms with E-state index >= 15 is 0 Å². The highest BCUT2D eigenvalue weighted by atomic mass is 16.5. The van der Waals surface area contributed by atoms with Gasteiger partial charge in [0.1, 0.15) is 5.75 Å². The predicted octanol–water partition coefficient (Wildman–Crippen LogP) is 4.15. The van der Waals surface area contributed by atoms with Crippen molar-refractivity contribution in [2.75, 3.05) is 13.7 Å². The van der Waals surface area contributed by atoms with Crippen molar-refractivity contribution in [3.8, 4) is 5.75 Å². The zero-order valence-electron chi connectivity index (χ0n) is 13.2. The molecule has 0 aliphatic heterocycles. The molecule has 1 atom stereocenters. The highest BCUT2D eigenvalue weighted by Crippen LogP contribution is 2.22. The average molecular weight is 283 g/mol. The Hall–Kier alpha value is -1.80. The maximum atomic E-state index is 5.59. The first-order valence-electron chi connectivity index (χ1n) is 7.74. The van der Waals surface area contributed by atoms with E-state index in [0.29, 0.717) is 12.6 Å². The maximum absolute atomic E-state index is 5.59. The summed E-state index contributed by atoms with van der Waals surface area (Å²) in [6, 6.07) is 17.6. The summed E-state index contributed by atoms with van der Waals surface area (Å²) in [6.07, 6.45) is 2.07. The van der Waals surface area contributed by atoms with Gasteiger partial charge in [-0.15, -0.1) is 0 Å². The van der Waals surface area contributed by atoms with Crippen molar-refractivity contribution in [2.24, 2.45) is 0 Å². The molecule has 0 aromatic heterocycles. The minimum Gasteiger partial charge on any atom is -0.494 e. The summed E-state index contributed by atoms with van der Waals surface area (Å²) in [7, 11) is 2.01. The van der Waals surface area contributed by atoms with Gasteiger partial charge in [-0.1, -0.05) is 43.3 Å². The van der Waals surface area contributed by atoms with E-state index in [4.69, 9.17) is 4.74 Å². The van der Waals surface area contributed by atoms with Crippen molar-refractivity contribution < 1.29 is 4.74 Å². The summed E-state index contributed by atoms with van der Waals surface area (Å²) < 4.78 is 5.59. The second kappa shape index (κ2) is 7.84. The number of nitrogens with one attached hydrogen (secondary N) is 1. The third kappa shape index (κ3) is 4.33. The van der Waals surface area contributed by atoms with Crippen LogP contribution in [0.15, 0.2) is 48.5 Å². The first-order valence-corrected chi connectivity index (χ1v) is 7.74. The number of hydrogen-bond acceptors (Lipinski definition) is 2. The Kier molecular flexibility index (Phi) is 5.82. The molecule has 0 saturated carbocycles. The molecule has 0 aliphatic rings. The predicted molar refractivity (Wildman–Crippen MR) is 88.9 cm³/mol. The number of likely N-dealkylation sites (N-methyl/N-ethyl adjacent to an activating group) is 1. The standard InChI is InChI=1S/C19H25NO/c1-4-15-9-11-16(12-10-15)13-19(20-3)17-7-6-8-18(14-17)21-5-2/h6-12,14,19-20H,4-5,13H2,1-3H3. The molecule has 0 amide bonds. The fourth-order valence-corrected chi connectivity index (χ4v) is 2.52. The van der Waals surface area contributed by atoms with E-state index < -0.39 is 0 Å². The lowest BCUT2D eigenvalue weighted by atomic mass is 9.98. The van der Waals surface area contributed by atoms with E-state index in [9.17, 15) is 0 Å². The van der Waals surface area contributed by atoms with Crippen molar-refractivity contribution in [3.05, 3.63) is 65.2 Å². The minimum atomic E-state index is 0.304. The summed E-state index contributed by atoms with van der Waals surface area (Å²) in [4.78, 5) is 0. The van der Waals surface area contributed by atoms with E-state index in [0.717, 1.165) is 18.6 Å². The summed E-state index contributed by atoms with van der Waals surface area (Å²) in [5.74, 6) is 0.941. The Morgan fingerprint density at radius 3 is 2.33 bits per heavy atom. The molecule has 0 heterocycles. The minimum absolute atomic E-state index is 0.304. The lowest BCUT2D eigenvalue weighted by Crippen LogP contribution is -2.18. The molecule has 2 heteroatoms. The van der Waals surface area contributed by atoms with Gasteiger partial charge in [0.2, 0.25) is 0 Å². The van der Waals surface area contributed by atoms with Crippen LogP contribution in [-0.2, 0) is 12.8 Å². The molecule has 0 aliphatic carbocycles. The smallest absolute Gasteiger partial charge is 0.119 e. The van der Waals surface area contributed by atoms with Gasteiger partial charge in [0.05, 0.1) is 6.61 Å². The fraction of sp³-hybridized carbons (Fsp3) is 0.368. The third-order valence-electron chi connectivity index (χ3n) is 3.79. The van der Waals surface area contributed by atoms with Gasteiger partial charge in [0.25, 0.3) is 0 Å². The van der Waals surface area contributed by atoms with Crippen molar-refractivity contribution in [2.45, 2.75) is 32.7 Å². The lowest BCUT2D eigenvalue weighted by molar-refractivity contribution is 0.339. The lowest BCUT2D eigenvalue weighted by Gasteiger charge is -2.18. The molecule has 2 rings (SSSR count). The molecule has 2 nitrogen and oxygen atoms in total. The molecule has 0 saturated heterocycles. The highest BCUT2D eigenvalue weighted by molar-refractivity contribution is 5.32. The molecule has 0 bridgehead atoms. The summed E-state index contributed by atoms with van der Waals surface area (Å²) in [5, 5.41) is 3.41. The van der Waals surface area contributed by atoms with Crippen molar-refractivity contribution in [3.63, 3.8) is 0 Å². The van der Waals surface area contributed by atoms with Gasteiger partial charge in [0.15, 0.2) is 0 Å². The first-order chi connectivity index (χ1) is 10.3.